The van der Waals surface area contributed by atoms with Crippen molar-refractivity contribution < 1.29 is 23.7 Å². The Morgan fingerprint density at radius 2 is 0.727 bits per heavy atom. The normalized spacial score (nSPS) is 10.4. The predicted octanol–water partition coefficient (Wildman–Crippen LogP) is 5.77. The van der Waals surface area contributed by atoms with Gasteiger partial charge in [-0.25, -0.2) is 0 Å². The molecule has 0 unspecified atom stereocenters. The molecule has 0 aliphatic carbocycles. The molecule has 0 spiro atoms. The minimum absolute atomic E-state index is 0.442. The van der Waals surface area contributed by atoms with Crippen LogP contribution in [-0.4, -0.2) is 52.9 Å². The van der Waals surface area contributed by atoms with Crippen molar-refractivity contribution in [1.29, 1.82) is 0 Å². The van der Waals surface area contributed by atoms with Crippen LogP contribution < -0.4 is 9.47 Å². The molecular formula is C28H34O5. The van der Waals surface area contributed by atoms with E-state index in [1.165, 1.54) is 0 Å². The summed E-state index contributed by atoms with van der Waals surface area (Å²) in [6, 6.07) is 11.7. The van der Waals surface area contributed by atoms with E-state index in [4.69, 9.17) is 23.7 Å². The quantitative estimate of drug-likeness (QED) is 0.270. The second-order valence-corrected chi connectivity index (χ2v) is 6.88. The van der Waals surface area contributed by atoms with Crippen LogP contribution >= 0.6 is 0 Å². The number of rotatable bonds is 18. The predicted molar refractivity (Wildman–Crippen MR) is 137 cm³/mol. The van der Waals surface area contributed by atoms with Crippen molar-refractivity contribution in [2.24, 2.45) is 0 Å². The van der Waals surface area contributed by atoms with Crippen LogP contribution in [0, 0.1) is 0 Å². The summed E-state index contributed by atoms with van der Waals surface area (Å²) in [5.41, 5.74) is 3.75. The van der Waals surface area contributed by atoms with Gasteiger partial charge in [-0.05, 0) is 0 Å². The molecule has 2 aromatic rings. The van der Waals surface area contributed by atoms with Crippen molar-refractivity contribution in [3.63, 3.8) is 0 Å². The van der Waals surface area contributed by atoms with Crippen molar-refractivity contribution in [3.05, 3.63) is 85.0 Å². The van der Waals surface area contributed by atoms with Gasteiger partial charge in [-0.2, -0.15) is 0 Å². The van der Waals surface area contributed by atoms with Crippen molar-refractivity contribution in [2.75, 3.05) is 52.9 Å². The number of hydrogen-bond donors (Lipinski definition) is 0. The summed E-state index contributed by atoms with van der Waals surface area (Å²) in [7, 11) is 0. The molecule has 0 amide bonds. The van der Waals surface area contributed by atoms with Crippen LogP contribution in [-0.2, 0) is 14.2 Å². The summed E-state index contributed by atoms with van der Waals surface area (Å²) < 4.78 is 28.3. The first-order valence-corrected chi connectivity index (χ1v) is 11.0. The third-order valence-corrected chi connectivity index (χ3v) is 4.72. The van der Waals surface area contributed by atoms with Gasteiger partial charge in [0.15, 0.2) is 0 Å². The van der Waals surface area contributed by atoms with Gasteiger partial charge in [0.1, 0.15) is 24.7 Å². The third-order valence-electron chi connectivity index (χ3n) is 4.72. The summed E-state index contributed by atoms with van der Waals surface area (Å²) in [6.07, 6.45) is 7.07. The Hall–Kier alpha value is -3.12. The van der Waals surface area contributed by atoms with E-state index in [0.717, 1.165) is 33.8 Å². The zero-order valence-electron chi connectivity index (χ0n) is 19.3. The zero-order valence-corrected chi connectivity index (χ0v) is 19.3. The van der Waals surface area contributed by atoms with Gasteiger partial charge in [0.2, 0.25) is 0 Å². The largest absolute Gasteiger partial charge is 0.490 e. The van der Waals surface area contributed by atoms with Gasteiger partial charge < -0.3 is 23.7 Å². The number of benzene rings is 2. The Morgan fingerprint density at radius 3 is 1.00 bits per heavy atom. The maximum absolute atomic E-state index is 5.84. The molecule has 0 fully saturated rings. The lowest BCUT2D eigenvalue weighted by molar-refractivity contribution is 0.00495. The lowest BCUT2D eigenvalue weighted by atomic mass is 10.1. The lowest BCUT2D eigenvalue weighted by Crippen LogP contribution is -2.14. The average molecular weight is 451 g/mol. The topological polar surface area (TPSA) is 46.2 Å². The summed E-state index contributed by atoms with van der Waals surface area (Å²) in [5.74, 6) is 1.55. The Balaban J connectivity index is 1.49. The van der Waals surface area contributed by atoms with E-state index in [2.05, 4.69) is 26.3 Å². The maximum atomic E-state index is 5.84. The van der Waals surface area contributed by atoms with E-state index in [1.54, 1.807) is 24.3 Å². The molecule has 0 saturated carbocycles. The van der Waals surface area contributed by atoms with Crippen molar-refractivity contribution >= 4 is 24.3 Å². The molecule has 2 rings (SSSR count). The Morgan fingerprint density at radius 1 is 0.455 bits per heavy atom. The molecule has 0 atom stereocenters. The highest BCUT2D eigenvalue weighted by Crippen LogP contribution is 2.26. The average Bonchev–Trinajstić information content (AvgIpc) is 2.86. The fraction of sp³-hybridized carbons (Fsp3) is 0.286. The van der Waals surface area contributed by atoms with Crippen LogP contribution in [0.15, 0.2) is 62.7 Å². The molecule has 0 N–H and O–H groups in total. The van der Waals surface area contributed by atoms with E-state index in [9.17, 15) is 0 Å². The highest BCUT2D eigenvalue weighted by atomic mass is 16.6. The van der Waals surface area contributed by atoms with Crippen molar-refractivity contribution in [3.8, 4) is 11.5 Å². The second-order valence-electron chi connectivity index (χ2n) is 6.88. The van der Waals surface area contributed by atoms with Crippen LogP contribution in [0.25, 0.3) is 24.3 Å². The highest BCUT2D eigenvalue weighted by Gasteiger charge is 2.06. The molecule has 2 aromatic carbocycles. The summed E-state index contributed by atoms with van der Waals surface area (Å²) >= 11 is 0. The van der Waals surface area contributed by atoms with E-state index >= 15 is 0 Å². The van der Waals surface area contributed by atoms with Crippen LogP contribution in [0.3, 0.4) is 0 Å². The third kappa shape index (κ3) is 8.73. The first-order chi connectivity index (χ1) is 16.2. The Labute approximate surface area is 197 Å². The van der Waals surface area contributed by atoms with E-state index in [-0.39, 0.29) is 0 Å². The monoisotopic (exact) mass is 450 g/mol. The minimum atomic E-state index is 0.442. The van der Waals surface area contributed by atoms with Crippen molar-refractivity contribution in [2.45, 2.75) is 0 Å². The molecule has 5 nitrogen and oxygen atoms in total. The van der Waals surface area contributed by atoms with Gasteiger partial charge in [-0.1, -0.05) is 87.0 Å². The molecule has 0 aliphatic rings. The molecule has 5 heteroatoms. The first-order valence-electron chi connectivity index (χ1n) is 11.0. The molecule has 0 bridgehead atoms. The number of ether oxygens (including phenoxy) is 5. The SMILES string of the molecule is C=Cc1cccc(C=C)c1OCCOCCOCCOCCOc1c(C=C)cccc1C=C. The molecule has 0 heterocycles. The molecule has 0 radical (unpaired) electrons. The van der Waals surface area contributed by atoms with E-state index in [0.29, 0.717) is 52.9 Å². The molecule has 0 aromatic heterocycles. The minimum Gasteiger partial charge on any atom is -0.490 e. The Kier molecular flexibility index (Phi) is 12.4. The van der Waals surface area contributed by atoms with E-state index in [1.807, 2.05) is 36.4 Å². The van der Waals surface area contributed by atoms with Gasteiger partial charge in [-0.15, -0.1) is 0 Å². The van der Waals surface area contributed by atoms with Crippen molar-refractivity contribution in [1.82, 2.24) is 0 Å². The smallest absolute Gasteiger partial charge is 0.133 e. The zero-order chi connectivity index (χ0) is 23.7. The summed E-state index contributed by atoms with van der Waals surface area (Å²) in [6.45, 7) is 19.1. The molecular weight excluding hydrogens is 416 g/mol. The number of hydrogen-bond acceptors (Lipinski definition) is 5. The van der Waals surface area contributed by atoms with Gasteiger partial charge >= 0.3 is 0 Å². The van der Waals surface area contributed by atoms with Gasteiger partial charge in [-0.3, -0.25) is 0 Å². The summed E-state index contributed by atoms with van der Waals surface area (Å²) in [5, 5.41) is 0. The van der Waals surface area contributed by atoms with Crippen LogP contribution in [0.1, 0.15) is 22.3 Å². The Bertz CT molecular complexity index is 777. The van der Waals surface area contributed by atoms with Crippen LogP contribution in [0.4, 0.5) is 0 Å². The van der Waals surface area contributed by atoms with Crippen LogP contribution in [0.5, 0.6) is 11.5 Å². The second kappa shape index (κ2) is 15.6. The van der Waals surface area contributed by atoms with Gasteiger partial charge in [0, 0.05) is 22.3 Å². The van der Waals surface area contributed by atoms with Gasteiger partial charge in [0.25, 0.3) is 0 Å². The lowest BCUT2D eigenvalue weighted by Gasteiger charge is -2.13. The molecule has 33 heavy (non-hydrogen) atoms. The standard InChI is InChI=1S/C28H34O5/c1-5-23-11-9-12-24(6-2)27(23)32-21-19-30-17-15-29-16-18-31-20-22-33-28-25(7-3)13-10-14-26(28)8-4/h5-14H,1-4,15-22H2. The maximum Gasteiger partial charge on any atom is 0.133 e. The summed E-state index contributed by atoms with van der Waals surface area (Å²) in [4.78, 5) is 0. The molecule has 0 aliphatic heterocycles. The highest BCUT2D eigenvalue weighted by molar-refractivity contribution is 5.67. The van der Waals surface area contributed by atoms with E-state index < -0.39 is 0 Å². The molecule has 176 valence electrons. The first kappa shape index (κ1) is 26.1. The molecule has 0 saturated heterocycles. The fourth-order valence-corrected chi connectivity index (χ4v) is 3.07. The fourth-order valence-electron chi connectivity index (χ4n) is 3.07. The number of para-hydroxylation sites is 2. The van der Waals surface area contributed by atoms with Crippen LogP contribution in [0.2, 0.25) is 0 Å². The van der Waals surface area contributed by atoms with Gasteiger partial charge in [0.05, 0.1) is 39.6 Å².